The highest BCUT2D eigenvalue weighted by molar-refractivity contribution is 5.22. The molecule has 96 valence electrons. The smallest absolute Gasteiger partial charge is 0.0681 e. The van der Waals surface area contributed by atoms with Crippen molar-refractivity contribution in [3.05, 3.63) is 35.4 Å². The van der Waals surface area contributed by atoms with Crippen LogP contribution >= 0.6 is 0 Å². The predicted molar refractivity (Wildman–Crippen MR) is 72.8 cm³/mol. The third-order valence-corrected chi connectivity index (χ3v) is 3.04. The van der Waals surface area contributed by atoms with Crippen molar-refractivity contribution in [2.75, 3.05) is 0 Å². The van der Waals surface area contributed by atoms with Crippen LogP contribution in [0.4, 0.5) is 0 Å². The number of hydrogen-bond acceptors (Lipinski definition) is 2. The molecule has 0 fully saturated rings. The van der Waals surface area contributed by atoms with Crippen LogP contribution in [-0.2, 0) is 13.2 Å². The molecule has 0 unspecified atom stereocenters. The summed E-state index contributed by atoms with van der Waals surface area (Å²) in [5.74, 6) is 0. The highest BCUT2D eigenvalue weighted by atomic mass is 16.3. The highest BCUT2D eigenvalue weighted by Crippen LogP contribution is 2.08. The Kier molecular flexibility index (Phi) is 6.90. The fraction of sp³-hybridized carbons (Fsp3) is 0.600. The molecule has 0 saturated carbocycles. The molecule has 2 heteroatoms. The first-order chi connectivity index (χ1) is 8.30. The van der Waals surface area contributed by atoms with Crippen LogP contribution in [0.5, 0.6) is 0 Å². The van der Waals surface area contributed by atoms with E-state index >= 15 is 0 Å². The van der Waals surface area contributed by atoms with Crippen LogP contribution in [0.2, 0.25) is 0 Å². The zero-order chi connectivity index (χ0) is 12.5. The van der Waals surface area contributed by atoms with E-state index in [-0.39, 0.29) is 6.61 Å². The normalized spacial score (nSPS) is 11.1. The van der Waals surface area contributed by atoms with Gasteiger partial charge in [0.1, 0.15) is 0 Å². The van der Waals surface area contributed by atoms with E-state index in [1.165, 1.54) is 31.2 Å². The quantitative estimate of drug-likeness (QED) is 0.725. The Bertz CT molecular complexity index is 306. The van der Waals surface area contributed by atoms with Gasteiger partial charge in [0.15, 0.2) is 0 Å². The van der Waals surface area contributed by atoms with Crippen molar-refractivity contribution in [1.29, 1.82) is 0 Å². The van der Waals surface area contributed by atoms with E-state index in [9.17, 15) is 0 Å². The second-order valence-corrected chi connectivity index (χ2v) is 4.63. The van der Waals surface area contributed by atoms with E-state index in [0.717, 1.165) is 12.1 Å². The molecule has 2 N–H and O–H groups in total. The topological polar surface area (TPSA) is 32.3 Å². The molecule has 0 aliphatic rings. The Morgan fingerprint density at radius 1 is 1.12 bits per heavy atom. The van der Waals surface area contributed by atoms with E-state index in [0.29, 0.717) is 6.04 Å². The molecule has 0 aromatic heterocycles. The summed E-state index contributed by atoms with van der Waals surface area (Å²) in [5.41, 5.74) is 2.25. The molecule has 1 rings (SSSR count). The zero-order valence-electron chi connectivity index (χ0n) is 11.1. The van der Waals surface area contributed by atoms with Gasteiger partial charge in [-0.3, -0.25) is 0 Å². The molecule has 0 radical (unpaired) electrons. The molecule has 0 spiro atoms. The van der Waals surface area contributed by atoms with Gasteiger partial charge in [0.2, 0.25) is 0 Å². The first kappa shape index (κ1) is 14.2. The van der Waals surface area contributed by atoms with Crippen molar-refractivity contribution in [2.24, 2.45) is 0 Å². The summed E-state index contributed by atoms with van der Waals surface area (Å²) < 4.78 is 0. The van der Waals surface area contributed by atoms with Gasteiger partial charge in [0.05, 0.1) is 6.61 Å². The molecule has 17 heavy (non-hydrogen) atoms. The maximum atomic E-state index is 9.09. The summed E-state index contributed by atoms with van der Waals surface area (Å²) in [6.45, 7) is 5.49. The van der Waals surface area contributed by atoms with Crippen LogP contribution in [-0.4, -0.2) is 11.1 Å². The Morgan fingerprint density at radius 2 is 1.76 bits per heavy atom. The summed E-state index contributed by atoms with van der Waals surface area (Å²) in [7, 11) is 0. The van der Waals surface area contributed by atoms with Gasteiger partial charge in [-0.25, -0.2) is 0 Å². The Morgan fingerprint density at radius 3 is 2.35 bits per heavy atom. The first-order valence-electron chi connectivity index (χ1n) is 6.72. The van der Waals surface area contributed by atoms with Crippen LogP contribution in [0.15, 0.2) is 24.3 Å². The standard InChI is InChI=1S/C15H25NO/c1-3-6-15(7-4-2)16-11-13-8-5-9-14(10-13)12-17/h5,8-10,15-17H,3-4,6-7,11-12H2,1-2H3. The van der Waals surface area contributed by atoms with Crippen molar-refractivity contribution in [3.63, 3.8) is 0 Å². The molecule has 0 amide bonds. The summed E-state index contributed by atoms with van der Waals surface area (Å²) >= 11 is 0. The molecule has 2 nitrogen and oxygen atoms in total. The average Bonchev–Trinajstić information content (AvgIpc) is 2.37. The van der Waals surface area contributed by atoms with Crippen LogP contribution in [0.25, 0.3) is 0 Å². The van der Waals surface area contributed by atoms with Gasteiger partial charge in [0.25, 0.3) is 0 Å². The minimum Gasteiger partial charge on any atom is -0.392 e. The lowest BCUT2D eigenvalue weighted by molar-refractivity contribution is 0.281. The van der Waals surface area contributed by atoms with Gasteiger partial charge in [-0.2, -0.15) is 0 Å². The second kappa shape index (κ2) is 8.26. The second-order valence-electron chi connectivity index (χ2n) is 4.63. The third-order valence-electron chi connectivity index (χ3n) is 3.04. The Balaban J connectivity index is 2.46. The lowest BCUT2D eigenvalue weighted by atomic mass is 10.1. The van der Waals surface area contributed by atoms with E-state index in [2.05, 4.69) is 31.3 Å². The zero-order valence-corrected chi connectivity index (χ0v) is 11.1. The predicted octanol–water partition coefficient (Wildman–Crippen LogP) is 3.24. The largest absolute Gasteiger partial charge is 0.392 e. The number of aliphatic hydroxyl groups is 1. The summed E-state index contributed by atoms with van der Waals surface area (Å²) in [5, 5.41) is 12.7. The maximum absolute atomic E-state index is 9.09. The molecule has 0 atom stereocenters. The van der Waals surface area contributed by atoms with Crippen LogP contribution in [0.1, 0.15) is 50.7 Å². The number of aliphatic hydroxyl groups excluding tert-OH is 1. The van der Waals surface area contributed by atoms with Gasteiger partial charge in [-0.05, 0) is 24.0 Å². The lowest BCUT2D eigenvalue weighted by Crippen LogP contribution is -2.28. The van der Waals surface area contributed by atoms with E-state index in [1.807, 2.05) is 12.1 Å². The molecule has 0 bridgehead atoms. The van der Waals surface area contributed by atoms with Crippen molar-refractivity contribution in [2.45, 2.75) is 58.7 Å². The van der Waals surface area contributed by atoms with Gasteiger partial charge in [0, 0.05) is 12.6 Å². The SMILES string of the molecule is CCCC(CCC)NCc1cccc(CO)c1. The van der Waals surface area contributed by atoms with Crippen LogP contribution in [0, 0.1) is 0 Å². The van der Waals surface area contributed by atoms with E-state index < -0.39 is 0 Å². The van der Waals surface area contributed by atoms with Crippen LogP contribution < -0.4 is 5.32 Å². The molecular formula is C15H25NO. The maximum Gasteiger partial charge on any atom is 0.0681 e. The monoisotopic (exact) mass is 235 g/mol. The van der Waals surface area contributed by atoms with Gasteiger partial charge >= 0.3 is 0 Å². The molecule has 0 aliphatic carbocycles. The fourth-order valence-corrected chi connectivity index (χ4v) is 2.15. The van der Waals surface area contributed by atoms with Crippen molar-refractivity contribution < 1.29 is 5.11 Å². The molecule has 0 heterocycles. The number of rotatable bonds is 8. The fourth-order valence-electron chi connectivity index (χ4n) is 2.15. The molecule has 1 aromatic rings. The number of benzene rings is 1. The summed E-state index contributed by atoms with van der Waals surface area (Å²) in [4.78, 5) is 0. The van der Waals surface area contributed by atoms with Crippen molar-refractivity contribution >= 4 is 0 Å². The minimum atomic E-state index is 0.126. The Hall–Kier alpha value is -0.860. The highest BCUT2D eigenvalue weighted by Gasteiger charge is 2.05. The first-order valence-corrected chi connectivity index (χ1v) is 6.72. The molecular weight excluding hydrogens is 210 g/mol. The number of nitrogens with one attached hydrogen (secondary N) is 1. The summed E-state index contributed by atoms with van der Waals surface area (Å²) in [6.07, 6.45) is 4.95. The third kappa shape index (κ3) is 5.33. The minimum absolute atomic E-state index is 0.126. The van der Waals surface area contributed by atoms with Crippen molar-refractivity contribution in [1.82, 2.24) is 5.32 Å². The van der Waals surface area contributed by atoms with Gasteiger partial charge in [-0.15, -0.1) is 0 Å². The van der Waals surface area contributed by atoms with Gasteiger partial charge < -0.3 is 10.4 Å². The average molecular weight is 235 g/mol. The Labute approximate surface area is 105 Å². The van der Waals surface area contributed by atoms with E-state index in [4.69, 9.17) is 5.11 Å². The molecule has 0 saturated heterocycles. The lowest BCUT2D eigenvalue weighted by Gasteiger charge is -2.17. The van der Waals surface area contributed by atoms with Crippen molar-refractivity contribution in [3.8, 4) is 0 Å². The number of hydrogen-bond donors (Lipinski definition) is 2. The summed E-state index contributed by atoms with van der Waals surface area (Å²) in [6, 6.07) is 8.78. The van der Waals surface area contributed by atoms with Crippen LogP contribution in [0.3, 0.4) is 0 Å². The molecule has 1 aromatic carbocycles. The van der Waals surface area contributed by atoms with Gasteiger partial charge in [-0.1, -0.05) is 51.0 Å². The molecule has 0 aliphatic heterocycles. The van der Waals surface area contributed by atoms with E-state index in [1.54, 1.807) is 0 Å².